The minimum atomic E-state index is -0.216. The van der Waals surface area contributed by atoms with E-state index in [9.17, 15) is 4.79 Å². The first kappa shape index (κ1) is 12.3. The Morgan fingerprint density at radius 3 is 2.45 bits per heavy atom. The summed E-state index contributed by atoms with van der Waals surface area (Å²) in [6, 6.07) is 17.2. The Morgan fingerprint density at radius 1 is 0.950 bits per heavy atom. The quantitative estimate of drug-likeness (QED) is 0.790. The van der Waals surface area contributed by atoms with Crippen LogP contribution in [0.5, 0.6) is 0 Å². The van der Waals surface area contributed by atoms with Crippen molar-refractivity contribution in [2.24, 2.45) is 0 Å². The minimum Gasteiger partial charge on any atom is -0.347 e. The molecule has 1 amide bonds. The highest BCUT2D eigenvalue weighted by Gasteiger charge is 2.08. The van der Waals surface area contributed by atoms with Crippen LogP contribution in [0.25, 0.3) is 11.0 Å². The molecular formula is C16H13N3O. The van der Waals surface area contributed by atoms with Gasteiger partial charge < -0.3 is 5.32 Å². The second-order valence-corrected chi connectivity index (χ2v) is 4.41. The maximum absolute atomic E-state index is 12.0. The van der Waals surface area contributed by atoms with E-state index in [4.69, 9.17) is 0 Å². The van der Waals surface area contributed by atoms with Gasteiger partial charge in [0.05, 0.1) is 17.2 Å². The highest BCUT2D eigenvalue weighted by molar-refractivity contribution is 5.93. The lowest BCUT2D eigenvalue weighted by Gasteiger charge is -2.05. The molecule has 98 valence electrons. The molecule has 0 bridgehead atoms. The van der Waals surface area contributed by atoms with Crippen molar-refractivity contribution in [2.75, 3.05) is 0 Å². The Labute approximate surface area is 116 Å². The van der Waals surface area contributed by atoms with Crippen LogP contribution in [0.3, 0.4) is 0 Å². The van der Waals surface area contributed by atoms with E-state index >= 15 is 0 Å². The number of aromatic nitrogens is 2. The lowest BCUT2D eigenvalue weighted by molar-refractivity contribution is 0.0946. The number of amides is 1. The lowest BCUT2D eigenvalue weighted by Crippen LogP contribution is -2.24. The average Bonchev–Trinajstić information content (AvgIpc) is 2.53. The fourth-order valence-electron chi connectivity index (χ4n) is 1.94. The van der Waals surface area contributed by atoms with E-state index in [2.05, 4.69) is 15.3 Å². The van der Waals surface area contributed by atoms with Crippen molar-refractivity contribution in [2.45, 2.75) is 6.54 Å². The number of nitrogens with one attached hydrogen (secondary N) is 1. The van der Waals surface area contributed by atoms with E-state index in [0.29, 0.717) is 12.2 Å². The number of carbonyl (C=O) groups excluding carboxylic acids is 1. The molecule has 0 aliphatic carbocycles. The number of hydrogen-bond acceptors (Lipinski definition) is 3. The maximum atomic E-state index is 12.0. The van der Waals surface area contributed by atoms with Gasteiger partial charge in [0, 0.05) is 6.54 Å². The minimum absolute atomic E-state index is 0.216. The normalized spacial score (nSPS) is 10.4. The molecule has 4 nitrogen and oxygen atoms in total. The molecule has 1 aromatic heterocycles. The fraction of sp³-hybridized carbons (Fsp3) is 0.0625. The monoisotopic (exact) mass is 263 g/mol. The Kier molecular flexibility index (Phi) is 3.37. The van der Waals surface area contributed by atoms with Gasteiger partial charge in [-0.15, -0.1) is 0 Å². The molecule has 0 unspecified atom stereocenters. The van der Waals surface area contributed by atoms with Crippen LogP contribution in [-0.2, 0) is 6.54 Å². The second-order valence-electron chi connectivity index (χ2n) is 4.41. The van der Waals surface area contributed by atoms with Gasteiger partial charge in [0.1, 0.15) is 5.69 Å². The van der Waals surface area contributed by atoms with Crippen molar-refractivity contribution < 1.29 is 4.79 Å². The number of nitrogens with zero attached hydrogens (tertiary/aromatic N) is 2. The second kappa shape index (κ2) is 5.48. The first-order valence-electron chi connectivity index (χ1n) is 6.37. The number of rotatable bonds is 3. The van der Waals surface area contributed by atoms with E-state index in [1.54, 1.807) is 0 Å². The molecule has 3 rings (SSSR count). The molecule has 0 saturated carbocycles. The highest BCUT2D eigenvalue weighted by Crippen LogP contribution is 2.08. The lowest BCUT2D eigenvalue weighted by atomic mass is 10.2. The summed E-state index contributed by atoms with van der Waals surface area (Å²) in [7, 11) is 0. The summed E-state index contributed by atoms with van der Waals surface area (Å²) in [6.45, 7) is 0.480. The van der Waals surface area contributed by atoms with Gasteiger partial charge in [-0.2, -0.15) is 0 Å². The Hall–Kier alpha value is -2.75. The van der Waals surface area contributed by atoms with Gasteiger partial charge in [-0.1, -0.05) is 42.5 Å². The van der Waals surface area contributed by atoms with E-state index in [1.165, 1.54) is 6.20 Å². The van der Waals surface area contributed by atoms with Crippen LogP contribution >= 0.6 is 0 Å². The van der Waals surface area contributed by atoms with Crippen LogP contribution < -0.4 is 5.32 Å². The van der Waals surface area contributed by atoms with E-state index in [0.717, 1.165) is 16.6 Å². The predicted molar refractivity (Wildman–Crippen MR) is 77.2 cm³/mol. The van der Waals surface area contributed by atoms with Gasteiger partial charge in [-0.3, -0.25) is 9.78 Å². The van der Waals surface area contributed by atoms with Crippen LogP contribution in [0.2, 0.25) is 0 Å². The van der Waals surface area contributed by atoms with Gasteiger partial charge in [0.15, 0.2) is 0 Å². The Bertz CT molecular complexity index is 741. The van der Waals surface area contributed by atoms with Gasteiger partial charge in [-0.05, 0) is 17.7 Å². The molecule has 1 N–H and O–H groups in total. The first-order valence-corrected chi connectivity index (χ1v) is 6.37. The molecular weight excluding hydrogens is 250 g/mol. The zero-order valence-electron chi connectivity index (χ0n) is 10.8. The smallest absolute Gasteiger partial charge is 0.271 e. The Balaban J connectivity index is 1.75. The van der Waals surface area contributed by atoms with E-state index in [-0.39, 0.29) is 5.91 Å². The van der Waals surface area contributed by atoms with Crippen LogP contribution in [0.1, 0.15) is 16.1 Å². The summed E-state index contributed by atoms with van der Waals surface area (Å²) in [5, 5.41) is 2.84. The third-order valence-electron chi connectivity index (χ3n) is 2.98. The molecule has 0 aliphatic rings. The number of hydrogen-bond donors (Lipinski definition) is 1. The van der Waals surface area contributed by atoms with Crippen molar-refractivity contribution >= 4 is 16.9 Å². The van der Waals surface area contributed by atoms with Crippen LogP contribution in [0, 0.1) is 0 Å². The topological polar surface area (TPSA) is 54.9 Å². The summed E-state index contributed by atoms with van der Waals surface area (Å²) in [5.74, 6) is -0.216. The molecule has 0 atom stereocenters. The molecule has 0 radical (unpaired) electrons. The number of benzene rings is 2. The molecule has 20 heavy (non-hydrogen) atoms. The van der Waals surface area contributed by atoms with Crippen LogP contribution in [0.15, 0.2) is 60.8 Å². The number of fused-ring (bicyclic) bond motifs is 1. The van der Waals surface area contributed by atoms with Crippen LogP contribution in [0.4, 0.5) is 0 Å². The third-order valence-corrected chi connectivity index (χ3v) is 2.98. The molecule has 0 saturated heterocycles. The molecule has 0 fully saturated rings. The summed E-state index contributed by atoms with van der Waals surface area (Å²) < 4.78 is 0. The van der Waals surface area contributed by atoms with Crippen molar-refractivity contribution in [3.8, 4) is 0 Å². The maximum Gasteiger partial charge on any atom is 0.271 e. The van der Waals surface area contributed by atoms with Gasteiger partial charge in [0.2, 0.25) is 0 Å². The summed E-state index contributed by atoms with van der Waals surface area (Å²) in [4.78, 5) is 20.6. The molecule has 2 aromatic carbocycles. The van der Waals surface area contributed by atoms with E-state index < -0.39 is 0 Å². The third kappa shape index (κ3) is 2.64. The van der Waals surface area contributed by atoms with Crippen molar-refractivity contribution in [3.63, 3.8) is 0 Å². The van der Waals surface area contributed by atoms with Crippen molar-refractivity contribution in [1.29, 1.82) is 0 Å². The van der Waals surface area contributed by atoms with Crippen molar-refractivity contribution in [1.82, 2.24) is 15.3 Å². The summed E-state index contributed by atoms with van der Waals surface area (Å²) in [5.41, 5.74) is 2.89. The molecule has 1 heterocycles. The highest BCUT2D eigenvalue weighted by atomic mass is 16.1. The fourth-order valence-corrected chi connectivity index (χ4v) is 1.94. The molecule has 3 aromatic rings. The van der Waals surface area contributed by atoms with Gasteiger partial charge >= 0.3 is 0 Å². The Morgan fingerprint density at radius 2 is 1.65 bits per heavy atom. The first-order chi connectivity index (χ1) is 9.83. The SMILES string of the molecule is O=C(NCc1ccccc1)c1cnc2ccccc2n1. The summed E-state index contributed by atoms with van der Waals surface area (Å²) >= 11 is 0. The van der Waals surface area contributed by atoms with Crippen molar-refractivity contribution in [3.05, 3.63) is 72.1 Å². The molecule has 0 aliphatic heterocycles. The average molecular weight is 263 g/mol. The zero-order chi connectivity index (χ0) is 13.8. The summed E-state index contributed by atoms with van der Waals surface area (Å²) in [6.07, 6.45) is 1.50. The van der Waals surface area contributed by atoms with E-state index in [1.807, 2.05) is 54.6 Å². The largest absolute Gasteiger partial charge is 0.347 e. The molecule has 0 spiro atoms. The predicted octanol–water partition coefficient (Wildman–Crippen LogP) is 2.56. The molecule has 4 heteroatoms. The number of para-hydroxylation sites is 2. The number of carbonyl (C=O) groups is 1. The van der Waals surface area contributed by atoms with Gasteiger partial charge in [0.25, 0.3) is 5.91 Å². The zero-order valence-corrected chi connectivity index (χ0v) is 10.8. The van der Waals surface area contributed by atoms with Crippen LogP contribution in [-0.4, -0.2) is 15.9 Å². The van der Waals surface area contributed by atoms with Gasteiger partial charge in [-0.25, -0.2) is 4.98 Å². The standard InChI is InChI=1S/C16H13N3O/c20-16(18-10-12-6-2-1-3-7-12)15-11-17-13-8-4-5-9-14(13)19-15/h1-9,11H,10H2,(H,18,20).